The first kappa shape index (κ1) is 77.7. The van der Waals surface area contributed by atoms with Crippen molar-refractivity contribution >= 4 is 80.7 Å². The molecular formula is C83H114N2O9S4. The van der Waals surface area contributed by atoms with Crippen LogP contribution in [-0.2, 0) is 19.1 Å². The normalized spacial score (nSPS) is 13.4. The van der Waals surface area contributed by atoms with Gasteiger partial charge in [-0.25, -0.2) is 19.4 Å². The van der Waals surface area contributed by atoms with E-state index >= 15 is 9.59 Å². The number of hydrogen-bond donors (Lipinski definition) is 0. The lowest BCUT2D eigenvalue weighted by Crippen LogP contribution is -2.40. The van der Waals surface area contributed by atoms with Crippen LogP contribution in [0.3, 0.4) is 0 Å². The molecule has 98 heavy (non-hydrogen) atoms. The van der Waals surface area contributed by atoms with Crippen molar-refractivity contribution in [1.29, 1.82) is 0 Å². The molecule has 4 aromatic heterocycles. The van der Waals surface area contributed by atoms with E-state index in [1.807, 2.05) is 24.3 Å². The fraction of sp³-hybridized carbons (Fsp3) is 0.566. The van der Waals surface area contributed by atoms with E-state index in [0.717, 1.165) is 88.7 Å². The smallest absolute Gasteiger partial charge is 0.422 e. The van der Waals surface area contributed by atoms with Crippen molar-refractivity contribution in [1.82, 2.24) is 9.80 Å². The Morgan fingerprint density at radius 1 is 0.357 bits per heavy atom. The fourth-order valence-electron chi connectivity index (χ4n) is 12.7. The summed E-state index contributed by atoms with van der Waals surface area (Å²) in [6.07, 6.45) is 35.4. The summed E-state index contributed by atoms with van der Waals surface area (Å²) in [5, 5.41) is 0. The predicted octanol–water partition coefficient (Wildman–Crippen LogP) is 26.1. The van der Waals surface area contributed by atoms with E-state index in [9.17, 15) is 9.59 Å². The molecule has 0 fully saturated rings. The molecule has 6 aromatic rings. The van der Waals surface area contributed by atoms with Gasteiger partial charge in [-0.15, -0.1) is 45.3 Å². The first-order valence-corrected chi connectivity index (χ1v) is 40.7. The summed E-state index contributed by atoms with van der Waals surface area (Å²) in [5.41, 5.74) is 3.83. The van der Waals surface area contributed by atoms with Gasteiger partial charge in [0.1, 0.15) is 11.2 Å². The van der Waals surface area contributed by atoms with Crippen LogP contribution in [-0.4, -0.2) is 64.8 Å². The summed E-state index contributed by atoms with van der Waals surface area (Å²) >= 11 is 5.99. The average molecular weight is 1410 g/mol. The highest BCUT2D eigenvalue weighted by molar-refractivity contribution is 7.25. The molecule has 0 atom stereocenters. The minimum atomic E-state index is -0.993. The molecule has 0 saturated heterocycles. The van der Waals surface area contributed by atoms with Crippen LogP contribution in [0.15, 0.2) is 83.9 Å². The van der Waals surface area contributed by atoms with Crippen LogP contribution in [0.4, 0.5) is 9.59 Å². The van der Waals surface area contributed by atoms with Gasteiger partial charge in [0.05, 0.1) is 52.1 Å². The van der Waals surface area contributed by atoms with Crippen molar-refractivity contribution in [2.45, 2.75) is 287 Å². The molecule has 0 bridgehead atoms. The van der Waals surface area contributed by atoms with Gasteiger partial charge >= 0.3 is 12.2 Å². The second-order valence-electron chi connectivity index (χ2n) is 29.0. The molecular weight excluding hydrogens is 1300 g/mol. The largest absolute Gasteiger partial charge is 0.490 e. The fourth-order valence-corrected chi connectivity index (χ4v) is 17.0. The molecule has 534 valence electrons. The van der Waals surface area contributed by atoms with Crippen molar-refractivity contribution in [3.05, 3.63) is 110 Å². The SMILES string of the molecule is CCCCCCCCCCCCOc1cc(-c2ccc(-c3ccc(C4=C5C(=O)N(C(=O)OC(C)(C)C)C(c6ccc(-c7ccc(-c8cc(C)c(C)c(C)c8)s7)s6)=C5C(=O)N4C(=O)OC(C)(C)C)s3)s2)cc(OCCCCCCCCCCCC)c1OCCCCCCCCCCCC. The molecule has 0 aliphatic carbocycles. The van der Waals surface area contributed by atoms with Crippen LogP contribution >= 0.6 is 45.3 Å². The maximum absolute atomic E-state index is 15.4. The van der Waals surface area contributed by atoms with Gasteiger partial charge < -0.3 is 23.7 Å². The van der Waals surface area contributed by atoms with E-state index in [1.165, 1.54) is 193 Å². The molecule has 2 aliphatic heterocycles. The zero-order valence-corrected chi connectivity index (χ0v) is 64.7. The highest BCUT2D eigenvalue weighted by atomic mass is 32.1. The highest BCUT2D eigenvalue weighted by Crippen LogP contribution is 2.52. The molecule has 15 heteroatoms. The number of ether oxygens (including phenoxy) is 5. The number of carbonyl (C=O) groups excluding carboxylic acids is 4. The average Bonchev–Trinajstić information content (AvgIpc) is 1.55. The summed E-state index contributed by atoms with van der Waals surface area (Å²) in [6, 6.07) is 24.6. The zero-order valence-electron chi connectivity index (χ0n) is 61.5. The Labute approximate surface area is 604 Å². The lowest BCUT2D eigenvalue weighted by molar-refractivity contribution is -0.123. The summed E-state index contributed by atoms with van der Waals surface area (Å²) in [6.45, 7) is 25.4. The van der Waals surface area contributed by atoms with Gasteiger partial charge in [-0.1, -0.05) is 206 Å². The van der Waals surface area contributed by atoms with Gasteiger partial charge in [0.15, 0.2) is 11.5 Å². The van der Waals surface area contributed by atoms with Gasteiger partial charge in [0.2, 0.25) is 5.75 Å². The van der Waals surface area contributed by atoms with Crippen molar-refractivity contribution in [2.75, 3.05) is 19.8 Å². The van der Waals surface area contributed by atoms with Gasteiger partial charge in [-0.3, -0.25) is 9.59 Å². The van der Waals surface area contributed by atoms with E-state index in [-0.39, 0.29) is 22.5 Å². The number of carbonyl (C=O) groups is 4. The number of rotatable bonds is 42. The second kappa shape index (κ2) is 38.7. The molecule has 0 spiro atoms. The maximum atomic E-state index is 15.4. The van der Waals surface area contributed by atoms with E-state index in [0.29, 0.717) is 46.8 Å². The summed E-state index contributed by atoms with van der Waals surface area (Å²) in [4.78, 5) is 68.6. The van der Waals surface area contributed by atoms with Crippen LogP contribution in [0.1, 0.15) is 281 Å². The molecule has 2 aromatic carbocycles. The molecule has 0 saturated carbocycles. The molecule has 6 heterocycles. The standard InChI is InChI=1S/C83H114N2O9S4/c1-13-16-19-22-25-28-31-34-37-40-51-90-63-56-62(57-64(91-52-41-38-35-32-29-26-23-20-17-14-2)77(63)92-53-42-39-36-33-30-27-24-21-18-15-3)66-44-46-68(96-66)70-48-50-72(98-70)76-74-73(78(86)85(76)81(89)94-83(10,11)12)75(84(79(74)87)80(88)93-82(7,8)9)71-49-47-69(97-71)67-45-43-65(95-67)61-54-58(4)60(6)59(5)55-61/h43-50,54-57H,13-42,51-53H2,1-12H3. The number of benzene rings is 2. The van der Waals surface area contributed by atoms with Crippen molar-refractivity contribution in [2.24, 2.45) is 0 Å². The third-order valence-electron chi connectivity index (χ3n) is 18.3. The van der Waals surface area contributed by atoms with Crippen LogP contribution in [0.25, 0.3) is 51.8 Å². The monoisotopic (exact) mass is 1410 g/mol. The van der Waals surface area contributed by atoms with Crippen LogP contribution in [0.5, 0.6) is 17.2 Å². The summed E-state index contributed by atoms with van der Waals surface area (Å²) < 4.78 is 32.4. The Balaban J connectivity index is 1.11. The number of aryl methyl sites for hydroxylation is 2. The topological polar surface area (TPSA) is 121 Å². The van der Waals surface area contributed by atoms with Gasteiger partial charge in [0, 0.05) is 29.3 Å². The summed E-state index contributed by atoms with van der Waals surface area (Å²) in [5.74, 6) is 0.552. The van der Waals surface area contributed by atoms with Gasteiger partial charge in [0.25, 0.3) is 11.8 Å². The number of nitrogens with zero attached hydrogens (tertiary/aromatic N) is 2. The van der Waals surface area contributed by atoms with E-state index < -0.39 is 35.2 Å². The zero-order chi connectivity index (χ0) is 70.2. The van der Waals surface area contributed by atoms with E-state index in [4.69, 9.17) is 23.7 Å². The first-order chi connectivity index (χ1) is 47.2. The number of fused-ring (bicyclic) bond motifs is 1. The predicted molar refractivity (Wildman–Crippen MR) is 412 cm³/mol. The Hall–Kier alpha value is -6.00. The summed E-state index contributed by atoms with van der Waals surface area (Å²) in [7, 11) is 0. The molecule has 4 amide bonds. The molecule has 0 unspecified atom stereocenters. The minimum Gasteiger partial charge on any atom is -0.490 e. The highest BCUT2D eigenvalue weighted by Gasteiger charge is 2.55. The van der Waals surface area contributed by atoms with E-state index in [1.54, 1.807) is 64.2 Å². The third kappa shape index (κ3) is 22.2. The van der Waals surface area contributed by atoms with Gasteiger partial charge in [-0.05, 0) is 170 Å². The molecule has 11 nitrogen and oxygen atoms in total. The first-order valence-electron chi connectivity index (χ1n) is 37.4. The third-order valence-corrected chi connectivity index (χ3v) is 23.1. The van der Waals surface area contributed by atoms with Crippen molar-refractivity contribution in [3.8, 4) is 57.6 Å². The van der Waals surface area contributed by atoms with Crippen molar-refractivity contribution < 1.29 is 42.9 Å². The number of imide groups is 2. The minimum absolute atomic E-state index is 0.0609. The lowest BCUT2D eigenvalue weighted by Gasteiger charge is -2.27. The molecule has 0 radical (unpaired) electrons. The Kier molecular flexibility index (Phi) is 30.7. The van der Waals surface area contributed by atoms with E-state index in [2.05, 4.69) is 90.1 Å². The number of hydrogen-bond acceptors (Lipinski definition) is 13. The quantitative estimate of drug-likeness (QED) is 0.0345. The van der Waals surface area contributed by atoms with Crippen LogP contribution in [0.2, 0.25) is 0 Å². The van der Waals surface area contributed by atoms with Crippen molar-refractivity contribution in [3.63, 3.8) is 0 Å². The lowest BCUT2D eigenvalue weighted by atomic mass is 10.00. The number of amides is 4. The van der Waals surface area contributed by atoms with Gasteiger partial charge in [-0.2, -0.15) is 0 Å². The Morgan fingerprint density at radius 3 is 0.939 bits per heavy atom. The number of thiophene rings is 4. The van der Waals surface area contributed by atoms with Crippen LogP contribution < -0.4 is 14.2 Å². The molecule has 0 N–H and O–H groups in total. The number of unbranched alkanes of at least 4 members (excludes halogenated alkanes) is 27. The molecule has 8 rings (SSSR count). The Morgan fingerprint density at radius 2 is 0.622 bits per heavy atom. The Bertz CT molecular complexity index is 3550. The molecule has 2 aliphatic rings. The second-order valence-corrected chi connectivity index (χ2v) is 33.3. The maximum Gasteiger partial charge on any atom is 0.422 e. The van der Waals surface area contributed by atoms with Crippen LogP contribution in [0, 0.1) is 20.8 Å².